The number of sulfone groups is 2. The van der Waals surface area contributed by atoms with Crippen molar-refractivity contribution in [1.82, 2.24) is 0 Å². The van der Waals surface area contributed by atoms with Crippen LogP contribution in [-0.2, 0) is 29.2 Å². The van der Waals surface area contributed by atoms with Gasteiger partial charge in [0.2, 0.25) is 0 Å². The molecule has 0 N–H and O–H groups in total. The molecule has 0 unspecified atom stereocenters. The lowest BCUT2D eigenvalue weighted by molar-refractivity contribution is -0.136. The third-order valence-corrected chi connectivity index (χ3v) is 12.1. The third-order valence-electron chi connectivity index (χ3n) is 6.41. The zero-order valence-electron chi connectivity index (χ0n) is 18.5. The maximum atomic E-state index is 14.0. The molecule has 3 rings (SSSR count). The molecule has 8 heteroatoms. The Morgan fingerprint density at radius 2 is 1.45 bits per heavy atom. The number of esters is 1. The summed E-state index contributed by atoms with van der Waals surface area (Å²) in [7, 11) is -7.32. The molecule has 0 heterocycles. The first-order valence-corrected chi connectivity index (χ1v) is 13.6. The van der Waals surface area contributed by atoms with Crippen LogP contribution in [0.1, 0.15) is 25.7 Å². The van der Waals surface area contributed by atoms with E-state index >= 15 is 0 Å². The Bertz CT molecular complexity index is 1160. The van der Waals surface area contributed by atoms with Crippen LogP contribution < -0.4 is 0 Å². The number of benzene rings is 2. The third kappa shape index (κ3) is 4.42. The number of carbonyl (C=O) groups excluding carboxylic acids is 1. The Morgan fingerprint density at radius 3 is 1.88 bits per heavy atom. The molecule has 1 saturated carbocycles. The first-order valence-electron chi connectivity index (χ1n) is 10.6. The first-order chi connectivity index (χ1) is 15.6. The monoisotopic (exact) mass is 488 g/mol. The predicted molar refractivity (Wildman–Crippen MR) is 127 cm³/mol. The van der Waals surface area contributed by atoms with Crippen LogP contribution in [0.15, 0.2) is 95.3 Å². The molecule has 0 aliphatic heterocycles. The fourth-order valence-electron chi connectivity index (χ4n) is 4.57. The quantitative estimate of drug-likeness (QED) is 0.296. The fraction of sp³-hybridized carbons (Fsp3) is 0.320. The average molecular weight is 489 g/mol. The zero-order chi connectivity index (χ0) is 24.3. The summed E-state index contributed by atoms with van der Waals surface area (Å²) in [5.41, 5.74) is 0.259. The molecule has 0 aromatic heterocycles. The van der Waals surface area contributed by atoms with Gasteiger partial charge in [0, 0.05) is 5.57 Å². The molecule has 1 aliphatic rings. The standard InChI is InChI=1S/C25H28O6S2/c1-4-20-17-25(32(27,28)22-11-7-5-8-12-22,33(29,30)23-13-9-6-10-14-23)18-21(20)16-15-19(2)24(26)31-3/h4-14,20-21H,1-2,15-18H2,3H3/t20-,21-/m0/s1. The zero-order valence-corrected chi connectivity index (χ0v) is 20.1. The minimum Gasteiger partial charge on any atom is -0.466 e. The van der Waals surface area contributed by atoms with E-state index in [0.717, 1.165) is 0 Å². The molecular formula is C25H28O6S2. The van der Waals surface area contributed by atoms with Crippen molar-refractivity contribution in [2.24, 2.45) is 11.8 Å². The van der Waals surface area contributed by atoms with E-state index < -0.39 is 29.7 Å². The van der Waals surface area contributed by atoms with Gasteiger partial charge in [0.25, 0.3) is 0 Å². The fourth-order valence-corrected chi connectivity index (χ4v) is 9.88. The normalized spacial score (nSPS) is 20.2. The van der Waals surface area contributed by atoms with Crippen molar-refractivity contribution in [3.63, 3.8) is 0 Å². The van der Waals surface area contributed by atoms with E-state index in [2.05, 4.69) is 13.2 Å². The smallest absolute Gasteiger partial charge is 0.333 e. The second-order valence-electron chi connectivity index (χ2n) is 8.25. The topological polar surface area (TPSA) is 94.6 Å². The summed E-state index contributed by atoms with van der Waals surface area (Å²) in [6.45, 7) is 7.57. The molecule has 2 atom stereocenters. The molecule has 0 amide bonds. The molecular weight excluding hydrogens is 460 g/mol. The summed E-state index contributed by atoms with van der Waals surface area (Å²) in [5, 5.41) is 0. The number of carbonyl (C=O) groups is 1. The lowest BCUT2D eigenvalue weighted by Crippen LogP contribution is -2.44. The second-order valence-corrected chi connectivity index (χ2v) is 13.0. The maximum absolute atomic E-state index is 14.0. The van der Waals surface area contributed by atoms with E-state index in [-0.39, 0.29) is 46.5 Å². The summed E-state index contributed by atoms with van der Waals surface area (Å²) < 4.78 is 58.5. The van der Waals surface area contributed by atoms with Crippen LogP contribution >= 0.6 is 0 Å². The minimum atomic E-state index is -4.29. The van der Waals surface area contributed by atoms with Gasteiger partial charge in [-0.1, -0.05) is 49.1 Å². The second kappa shape index (κ2) is 9.65. The van der Waals surface area contributed by atoms with E-state index in [0.29, 0.717) is 6.42 Å². The molecule has 6 nitrogen and oxygen atoms in total. The van der Waals surface area contributed by atoms with Gasteiger partial charge in [-0.3, -0.25) is 0 Å². The van der Waals surface area contributed by atoms with Gasteiger partial charge >= 0.3 is 5.97 Å². The van der Waals surface area contributed by atoms with Gasteiger partial charge in [-0.2, -0.15) is 0 Å². The minimum absolute atomic E-state index is 0.0352. The average Bonchev–Trinajstić information content (AvgIpc) is 3.24. The van der Waals surface area contributed by atoms with Gasteiger partial charge in [0.1, 0.15) is 0 Å². The van der Waals surface area contributed by atoms with E-state index in [4.69, 9.17) is 4.74 Å². The summed E-state index contributed by atoms with van der Waals surface area (Å²) in [6, 6.07) is 15.4. The van der Waals surface area contributed by atoms with E-state index in [9.17, 15) is 21.6 Å². The van der Waals surface area contributed by atoms with Crippen LogP contribution in [0.2, 0.25) is 0 Å². The maximum Gasteiger partial charge on any atom is 0.333 e. The molecule has 0 saturated heterocycles. The Balaban J connectivity index is 2.12. The SMILES string of the molecule is C=C[C@H]1CC(S(=O)(=O)c2ccccc2)(S(=O)(=O)c2ccccc2)C[C@@H]1CCC(=C)C(=O)OC. The molecule has 2 aromatic rings. The van der Waals surface area contributed by atoms with Gasteiger partial charge in [0.15, 0.2) is 23.8 Å². The van der Waals surface area contributed by atoms with Gasteiger partial charge in [-0.05, 0) is 61.8 Å². The van der Waals surface area contributed by atoms with Gasteiger partial charge in [-0.15, -0.1) is 6.58 Å². The van der Waals surface area contributed by atoms with Crippen LogP contribution in [0.5, 0.6) is 0 Å². The molecule has 1 fully saturated rings. The van der Waals surface area contributed by atoms with E-state index in [1.807, 2.05) is 0 Å². The van der Waals surface area contributed by atoms with Crippen LogP contribution in [0.3, 0.4) is 0 Å². The van der Waals surface area contributed by atoms with Crippen molar-refractivity contribution in [1.29, 1.82) is 0 Å². The molecule has 2 aromatic carbocycles. The van der Waals surface area contributed by atoms with Crippen molar-refractivity contribution in [2.45, 2.75) is 39.6 Å². The molecule has 33 heavy (non-hydrogen) atoms. The summed E-state index contributed by atoms with van der Waals surface area (Å²) >= 11 is 0. The van der Waals surface area contributed by atoms with Crippen molar-refractivity contribution in [3.05, 3.63) is 85.5 Å². The van der Waals surface area contributed by atoms with Gasteiger partial charge in [0.05, 0.1) is 16.9 Å². The highest BCUT2D eigenvalue weighted by atomic mass is 32.3. The summed E-state index contributed by atoms with van der Waals surface area (Å²) in [6.07, 6.45) is 2.07. The largest absolute Gasteiger partial charge is 0.466 e. The van der Waals surface area contributed by atoms with E-state index in [1.165, 1.54) is 31.4 Å². The number of methoxy groups -OCH3 is 1. The Morgan fingerprint density at radius 1 is 0.970 bits per heavy atom. The van der Waals surface area contributed by atoms with Crippen molar-refractivity contribution >= 4 is 25.6 Å². The molecule has 0 bridgehead atoms. The van der Waals surface area contributed by atoms with Crippen molar-refractivity contribution < 1.29 is 26.4 Å². The number of ether oxygens (including phenoxy) is 1. The number of allylic oxidation sites excluding steroid dienone is 1. The molecule has 0 radical (unpaired) electrons. The number of hydrogen-bond donors (Lipinski definition) is 0. The lowest BCUT2D eigenvalue weighted by Gasteiger charge is -2.29. The highest BCUT2D eigenvalue weighted by Gasteiger charge is 2.61. The van der Waals surface area contributed by atoms with E-state index in [1.54, 1.807) is 42.5 Å². The Hall–Kier alpha value is -2.71. The highest BCUT2D eigenvalue weighted by molar-refractivity contribution is 8.10. The molecule has 176 valence electrons. The Labute approximate surface area is 195 Å². The lowest BCUT2D eigenvalue weighted by atomic mass is 9.90. The Kier molecular flexibility index (Phi) is 7.29. The van der Waals surface area contributed by atoms with Crippen molar-refractivity contribution in [3.8, 4) is 0 Å². The summed E-state index contributed by atoms with van der Waals surface area (Å²) in [5.74, 6) is -1.23. The predicted octanol–water partition coefficient (Wildman–Crippen LogP) is 4.35. The van der Waals surface area contributed by atoms with Gasteiger partial charge in [-0.25, -0.2) is 21.6 Å². The summed E-state index contributed by atoms with van der Waals surface area (Å²) in [4.78, 5) is 11.7. The molecule has 1 aliphatic carbocycles. The molecule has 0 spiro atoms. The number of rotatable bonds is 9. The van der Waals surface area contributed by atoms with Gasteiger partial charge < -0.3 is 4.74 Å². The number of hydrogen-bond acceptors (Lipinski definition) is 6. The van der Waals surface area contributed by atoms with Crippen LogP contribution in [0, 0.1) is 11.8 Å². The first kappa shape index (κ1) is 24.9. The van der Waals surface area contributed by atoms with Crippen LogP contribution in [0.25, 0.3) is 0 Å². The van der Waals surface area contributed by atoms with Crippen LogP contribution in [0.4, 0.5) is 0 Å². The van der Waals surface area contributed by atoms with Crippen LogP contribution in [-0.4, -0.2) is 34.0 Å². The highest BCUT2D eigenvalue weighted by Crippen LogP contribution is 2.53. The van der Waals surface area contributed by atoms with Crippen molar-refractivity contribution in [2.75, 3.05) is 7.11 Å².